The van der Waals surface area contributed by atoms with Crippen molar-refractivity contribution in [3.8, 4) is 22.8 Å². The number of amides is 2. The number of nitrogens with one attached hydrogen (secondary N) is 1. The van der Waals surface area contributed by atoms with Crippen molar-refractivity contribution >= 4 is 11.7 Å². The van der Waals surface area contributed by atoms with Crippen LogP contribution in [0.3, 0.4) is 0 Å². The Morgan fingerprint density at radius 1 is 1.12 bits per heavy atom. The molecule has 1 aromatic heterocycles. The normalized spacial score (nSPS) is 14.0. The van der Waals surface area contributed by atoms with Crippen LogP contribution < -0.4 is 19.7 Å². The number of carbonyl (C=O) groups is 1. The van der Waals surface area contributed by atoms with Crippen molar-refractivity contribution in [3.63, 3.8) is 0 Å². The van der Waals surface area contributed by atoms with Crippen molar-refractivity contribution in [1.82, 2.24) is 15.2 Å². The van der Waals surface area contributed by atoms with E-state index >= 15 is 0 Å². The van der Waals surface area contributed by atoms with E-state index in [9.17, 15) is 9.18 Å². The highest BCUT2D eigenvalue weighted by atomic mass is 19.1. The summed E-state index contributed by atoms with van der Waals surface area (Å²) in [5.74, 6) is 1.97. The Hall–Kier alpha value is -3.75. The van der Waals surface area contributed by atoms with Gasteiger partial charge >= 0.3 is 6.03 Å². The van der Waals surface area contributed by atoms with E-state index in [4.69, 9.17) is 13.9 Å². The van der Waals surface area contributed by atoms with Crippen LogP contribution in [0.1, 0.15) is 17.9 Å². The molecule has 0 unspecified atom stereocenters. The van der Waals surface area contributed by atoms with E-state index in [1.807, 2.05) is 18.2 Å². The average molecular weight is 469 g/mol. The summed E-state index contributed by atoms with van der Waals surface area (Å²) in [6.07, 6.45) is 2.49. The number of nitrogens with zero attached hydrogens (tertiary/aromatic N) is 3. The van der Waals surface area contributed by atoms with Gasteiger partial charge < -0.3 is 29.0 Å². The topological polar surface area (TPSA) is 80.1 Å². The quantitative estimate of drug-likeness (QED) is 0.583. The number of hydrogen-bond donors (Lipinski definition) is 1. The molecule has 2 amide bonds. The number of rotatable bonds is 6. The largest absolute Gasteiger partial charge is 0.496 e. The van der Waals surface area contributed by atoms with Crippen molar-refractivity contribution in [2.75, 3.05) is 45.3 Å². The molecule has 2 aromatic carbocycles. The molecular weight excluding hydrogens is 439 g/mol. The van der Waals surface area contributed by atoms with Gasteiger partial charge in [-0.3, -0.25) is 0 Å². The molecule has 8 nitrogen and oxygen atoms in total. The minimum atomic E-state index is -0.403. The zero-order valence-electron chi connectivity index (χ0n) is 19.6. The summed E-state index contributed by atoms with van der Waals surface area (Å²) < 4.78 is 30.6. The van der Waals surface area contributed by atoms with E-state index in [2.05, 4.69) is 15.2 Å². The fourth-order valence-corrected chi connectivity index (χ4v) is 4.12. The van der Waals surface area contributed by atoms with Gasteiger partial charge in [0.05, 0.1) is 32.5 Å². The molecule has 0 atom stereocenters. The molecule has 1 fully saturated rings. The van der Waals surface area contributed by atoms with Crippen LogP contribution in [0.4, 0.5) is 14.9 Å². The summed E-state index contributed by atoms with van der Waals surface area (Å²) in [5.41, 5.74) is 2.19. The molecule has 1 aliphatic heterocycles. The van der Waals surface area contributed by atoms with Crippen LogP contribution in [-0.4, -0.2) is 56.3 Å². The van der Waals surface area contributed by atoms with Gasteiger partial charge in [0.25, 0.3) is 0 Å². The maximum Gasteiger partial charge on any atom is 0.317 e. The fourth-order valence-electron chi connectivity index (χ4n) is 4.12. The van der Waals surface area contributed by atoms with E-state index in [1.54, 1.807) is 37.3 Å². The van der Waals surface area contributed by atoms with Crippen LogP contribution in [0.2, 0.25) is 0 Å². The smallest absolute Gasteiger partial charge is 0.317 e. The molecule has 0 aliphatic carbocycles. The molecule has 9 heteroatoms. The Balaban J connectivity index is 1.40. The number of ether oxygens (including phenoxy) is 2. The first-order chi connectivity index (χ1) is 16.5. The van der Waals surface area contributed by atoms with Gasteiger partial charge in [-0.1, -0.05) is 6.07 Å². The first-order valence-electron chi connectivity index (χ1n) is 11.2. The molecule has 180 valence electrons. The van der Waals surface area contributed by atoms with Crippen molar-refractivity contribution in [3.05, 3.63) is 59.9 Å². The minimum Gasteiger partial charge on any atom is -0.496 e. The number of anilines is 1. The fraction of sp³-hybridized carbons (Fsp3) is 0.360. The Morgan fingerprint density at radius 2 is 1.94 bits per heavy atom. The third kappa shape index (κ3) is 5.08. The summed E-state index contributed by atoms with van der Waals surface area (Å²) in [7, 11) is 3.11. The van der Waals surface area contributed by atoms with Crippen LogP contribution in [0.5, 0.6) is 11.5 Å². The van der Waals surface area contributed by atoms with Crippen LogP contribution in [0.15, 0.2) is 47.0 Å². The number of oxazole rings is 1. The maximum absolute atomic E-state index is 14.2. The van der Waals surface area contributed by atoms with Gasteiger partial charge in [-0.15, -0.1) is 0 Å². The number of urea groups is 1. The van der Waals surface area contributed by atoms with E-state index < -0.39 is 5.82 Å². The number of aryl methyl sites for hydroxylation is 1. The standard InChI is InChI=1S/C25H29FN4O4/c1-17-27-16-24(34-17)19-9-8-18(14-23(19)33-3)29-10-5-11-30(13-12-29)25(31)28-15-20-21(26)6-4-7-22(20)32-2/h4,6-9,14,16H,5,10-13,15H2,1-3H3,(H,28,31). The monoisotopic (exact) mass is 468 g/mol. The summed E-state index contributed by atoms with van der Waals surface area (Å²) in [4.78, 5) is 20.9. The van der Waals surface area contributed by atoms with Crippen molar-refractivity contribution in [2.45, 2.75) is 19.9 Å². The predicted molar refractivity (Wildman–Crippen MR) is 127 cm³/mol. The van der Waals surface area contributed by atoms with Crippen LogP contribution in [-0.2, 0) is 6.54 Å². The third-order valence-electron chi connectivity index (χ3n) is 5.93. The van der Waals surface area contributed by atoms with Gasteiger partial charge in [0.1, 0.15) is 17.3 Å². The highest BCUT2D eigenvalue weighted by Crippen LogP contribution is 2.34. The zero-order chi connectivity index (χ0) is 24.1. The van der Waals surface area contributed by atoms with E-state index in [-0.39, 0.29) is 12.6 Å². The van der Waals surface area contributed by atoms with Crippen molar-refractivity contribution < 1.29 is 23.1 Å². The summed E-state index contributed by atoms with van der Waals surface area (Å²) in [6, 6.07) is 10.4. The second-order valence-corrected chi connectivity index (χ2v) is 8.04. The summed E-state index contributed by atoms with van der Waals surface area (Å²) in [5, 5.41) is 2.82. The highest BCUT2D eigenvalue weighted by Gasteiger charge is 2.21. The Kier molecular flexibility index (Phi) is 7.20. The zero-order valence-corrected chi connectivity index (χ0v) is 19.6. The first-order valence-corrected chi connectivity index (χ1v) is 11.2. The molecule has 4 rings (SSSR count). The van der Waals surface area contributed by atoms with Gasteiger partial charge in [-0.05, 0) is 30.7 Å². The molecule has 0 saturated carbocycles. The molecular formula is C25H29FN4O4. The molecule has 0 spiro atoms. The van der Waals surface area contributed by atoms with E-state index in [0.717, 1.165) is 24.2 Å². The number of halogens is 1. The molecule has 34 heavy (non-hydrogen) atoms. The number of aromatic nitrogens is 1. The number of methoxy groups -OCH3 is 2. The Morgan fingerprint density at radius 3 is 2.68 bits per heavy atom. The Labute approximate surface area is 198 Å². The molecule has 1 saturated heterocycles. The number of benzene rings is 2. The average Bonchev–Trinajstić information content (AvgIpc) is 3.13. The predicted octanol–water partition coefficient (Wildman–Crippen LogP) is 4.23. The first kappa shape index (κ1) is 23.4. The third-order valence-corrected chi connectivity index (χ3v) is 5.93. The molecule has 0 radical (unpaired) electrons. The van der Waals surface area contributed by atoms with Gasteiger partial charge in [0, 0.05) is 50.4 Å². The summed E-state index contributed by atoms with van der Waals surface area (Å²) >= 11 is 0. The lowest BCUT2D eigenvalue weighted by Crippen LogP contribution is -2.41. The SMILES string of the molecule is COc1cc(N2CCCN(C(=O)NCc3c(F)cccc3OC)CC2)ccc1-c1cnc(C)o1. The second-order valence-electron chi connectivity index (χ2n) is 8.04. The van der Waals surface area contributed by atoms with E-state index in [0.29, 0.717) is 48.3 Å². The number of hydrogen-bond acceptors (Lipinski definition) is 6. The van der Waals surface area contributed by atoms with Crippen molar-refractivity contribution in [2.24, 2.45) is 0 Å². The molecule has 1 aliphatic rings. The second kappa shape index (κ2) is 10.5. The van der Waals surface area contributed by atoms with Crippen molar-refractivity contribution in [1.29, 1.82) is 0 Å². The molecule has 1 N–H and O–H groups in total. The van der Waals surface area contributed by atoms with Crippen LogP contribution in [0, 0.1) is 12.7 Å². The van der Waals surface area contributed by atoms with Gasteiger partial charge in [-0.25, -0.2) is 14.2 Å². The lowest BCUT2D eigenvalue weighted by molar-refractivity contribution is 0.200. The summed E-state index contributed by atoms with van der Waals surface area (Å²) in [6.45, 7) is 4.50. The van der Waals surface area contributed by atoms with Gasteiger partial charge in [0.15, 0.2) is 11.7 Å². The molecule has 3 aromatic rings. The van der Waals surface area contributed by atoms with Crippen LogP contribution in [0.25, 0.3) is 11.3 Å². The van der Waals surface area contributed by atoms with Gasteiger partial charge in [0.2, 0.25) is 0 Å². The lowest BCUT2D eigenvalue weighted by atomic mass is 10.1. The minimum absolute atomic E-state index is 0.0642. The Bertz CT molecular complexity index is 1150. The highest BCUT2D eigenvalue weighted by molar-refractivity contribution is 5.74. The molecule has 0 bridgehead atoms. The maximum atomic E-state index is 14.2. The van der Waals surface area contributed by atoms with E-state index in [1.165, 1.54) is 13.2 Å². The lowest BCUT2D eigenvalue weighted by Gasteiger charge is -2.24. The van der Waals surface area contributed by atoms with Crippen LogP contribution >= 0.6 is 0 Å². The molecule has 2 heterocycles. The number of carbonyl (C=O) groups excluding carboxylic acids is 1. The van der Waals surface area contributed by atoms with Gasteiger partial charge in [-0.2, -0.15) is 0 Å².